The summed E-state index contributed by atoms with van der Waals surface area (Å²) in [6.07, 6.45) is 3.67. The Morgan fingerprint density at radius 2 is 2.06 bits per heavy atom. The molecule has 5 nitrogen and oxygen atoms in total. The molecule has 1 aromatic heterocycles. The maximum Gasteiger partial charge on any atom is 0.375 e. The van der Waals surface area contributed by atoms with Crippen molar-refractivity contribution in [2.24, 2.45) is 0 Å². The number of allylic oxidation sites excluding steroid dienone is 2. The summed E-state index contributed by atoms with van der Waals surface area (Å²) in [5.74, 6) is 0.0468. The van der Waals surface area contributed by atoms with Gasteiger partial charge in [-0.1, -0.05) is 12.2 Å². The molecule has 0 atom stereocenters. The number of pyridine rings is 1. The second kappa shape index (κ2) is 6.11. The normalized spacial score (nSPS) is 11.0. The Hall–Kier alpha value is -1.20. The summed E-state index contributed by atoms with van der Waals surface area (Å²) in [6.45, 7) is 3.69. The minimum Gasteiger partial charge on any atom is -0.424 e. The van der Waals surface area contributed by atoms with E-state index in [1.165, 1.54) is 10.6 Å². The highest BCUT2D eigenvalue weighted by molar-refractivity contribution is 8.06. The largest absolute Gasteiger partial charge is 0.424 e. The van der Waals surface area contributed by atoms with Gasteiger partial charge < -0.3 is 18.9 Å². The molecule has 0 fully saturated rings. The zero-order chi connectivity index (χ0) is 13.8. The summed E-state index contributed by atoms with van der Waals surface area (Å²) in [7, 11) is 0. The highest BCUT2D eigenvalue weighted by Gasteiger charge is 2.13. The molecule has 1 aromatic rings. The molecule has 0 unspecified atom stereocenters. The van der Waals surface area contributed by atoms with E-state index in [2.05, 4.69) is 25.0 Å². The molecule has 0 saturated carbocycles. The van der Waals surface area contributed by atoms with Crippen LogP contribution in [0.5, 0.6) is 5.75 Å². The van der Waals surface area contributed by atoms with Gasteiger partial charge in [0.25, 0.3) is 5.56 Å². The standard InChI is InChI=1S/C11H14NO4PS/c1-3-5-9-7-10(16-17(14,15)18)8-11(13)12(9)6-4-2/h3-4,7-8H,1-2,5-6H2,(H2,14,15,18). The SMILES string of the molecule is C=CCc1cc(OP(O)(O)=S)cc(=O)n1CC=C. The number of hydrogen-bond acceptors (Lipinski definition) is 3. The molecule has 1 heterocycles. The molecular weight excluding hydrogens is 273 g/mol. The van der Waals surface area contributed by atoms with Gasteiger partial charge in [0.05, 0.1) is 0 Å². The first-order valence-electron chi connectivity index (χ1n) is 5.08. The highest BCUT2D eigenvalue weighted by atomic mass is 32.5. The zero-order valence-corrected chi connectivity index (χ0v) is 11.4. The van der Waals surface area contributed by atoms with Crippen molar-refractivity contribution >= 4 is 18.5 Å². The molecule has 0 aliphatic rings. The van der Waals surface area contributed by atoms with Crippen molar-refractivity contribution in [2.75, 3.05) is 0 Å². The van der Waals surface area contributed by atoms with Crippen LogP contribution in [0.2, 0.25) is 0 Å². The lowest BCUT2D eigenvalue weighted by Gasteiger charge is -2.14. The monoisotopic (exact) mass is 287 g/mol. The molecule has 0 radical (unpaired) electrons. The summed E-state index contributed by atoms with van der Waals surface area (Å²) >= 11 is 4.36. The third-order valence-electron chi connectivity index (χ3n) is 2.08. The Morgan fingerprint density at radius 1 is 1.39 bits per heavy atom. The lowest BCUT2D eigenvalue weighted by atomic mass is 10.2. The Morgan fingerprint density at radius 3 is 2.56 bits per heavy atom. The van der Waals surface area contributed by atoms with E-state index in [0.29, 0.717) is 18.7 Å². The molecule has 0 aliphatic heterocycles. The number of hydrogen-bond donors (Lipinski definition) is 2. The van der Waals surface area contributed by atoms with Crippen LogP contribution >= 0.6 is 6.72 Å². The Labute approximate surface area is 110 Å². The molecule has 0 bridgehead atoms. The molecule has 1 rings (SSSR count). The van der Waals surface area contributed by atoms with Crippen LogP contribution in [0.1, 0.15) is 5.69 Å². The first-order chi connectivity index (χ1) is 8.37. The van der Waals surface area contributed by atoms with E-state index in [-0.39, 0.29) is 11.3 Å². The van der Waals surface area contributed by atoms with Gasteiger partial charge in [-0.15, -0.1) is 13.2 Å². The van der Waals surface area contributed by atoms with Gasteiger partial charge in [0.2, 0.25) is 0 Å². The van der Waals surface area contributed by atoms with Crippen LogP contribution in [-0.2, 0) is 24.8 Å². The lowest BCUT2D eigenvalue weighted by Crippen LogP contribution is -2.22. The third kappa shape index (κ3) is 4.23. The van der Waals surface area contributed by atoms with Gasteiger partial charge in [-0.2, -0.15) is 0 Å². The number of aromatic nitrogens is 1. The zero-order valence-electron chi connectivity index (χ0n) is 9.65. The van der Waals surface area contributed by atoms with E-state index in [1.54, 1.807) is 12.2 Å². The fourth-order valence-corrected chi connectivity index (χ4v) is 2.11. The van der Waals surface area contributed by atoms with Crippen molar-refractivity contribution in [1.82, 2.24) is 4.57 Å². The van der Waals surface area contributed by atoms with Gasteiger partial charge in [-0.25, -0.2) is 0 Å². The van der Waals surface area contributed by atoms with Crippen molar-refractivity contribution in [3.63, 3.8) is 0 Å². The van der Waals surface area contributed by atoms with Crippen molar-refractivity contribution < 1.29 is 14.3 Å². The maximum absolute atomic E-state index is 11.8. The number of nitrogens with zero attached hydrogens (tertiary/aromatic N) is 1. The van der Waals surface area contributed by atoms with Crippen LogP contribution in [0.15, 0.2) is 42.2 Å². The molecule has 0 spiro atoms. The fourth-order valence-electron chi connectivity index (χ4n) is 1.47. The average Bonchev–Trinajstić information content (AvgIpc) is 2.21. The summed E-state index contributed by atoms with van der Waals surface area (Å²) in [5, 5.41) is 0. The second-order valence-electron chi connectivity index (χ2n) is 3.49. The van der Waals surface area contributed by atoms with Gasteiger partial charge >= 0.3 is 6.72 Å². The van der Waals surface area contributed by atoms with Crippen LogP contribution in [0.3, 0.4) is 0 Å². The fraction of sp³-hybridized carbons (Fsp3) is 0.182. The highest BCUT2D eigenvalue weighted by Crippen LogP contribution is 2.37. The molecule has 18 heavy (non-hydrogen) atoms. The maximum atomic E-state index is 11.8. The van der Waals surface area contributed by atoms with Crippen molar-refractivity contribution in [2.45, 2.75) is 13.0 Å². The molecule has 7 heteroatoms. The molecule has 98 valence electrons. The van der Waals surface area contributed by atoms with Crippen LogP contribution in [-0.4, -0.2) is 14.4 Å². The first-order valence-corrected chi connectivity index (χ1v) is 7.70. The molecule has 0 aromatic carbocycles. The summed E-state index contributed by atoms with van der Waals surface area (Å²) in [6, 6.07) is 2.68. The quantitative estimate of drug-likeness (QED) is 0.610. The summed E-state index contributed by atoms with van der Waals surface area (Å²) < 4.78 is 6.25. The van der Waals surface area contributed by atoms with E-state index in [0.717, 1.165) is 6.07 Å². The molecule has 0 amide bonds. The van der Waals surface area contributed by atoms with Crippen molar-refractivity contribution in [3.8, 4) is 5.75 Å². The first kappa shape index (κ1) is 14.9. The van der Waals surface area contributed by atoms with Gasteiger partial charge in [0.15, 0.2) is 0 Å². The minimum atomic E-state index is -3.84. The van der Waals surface area contributed by atoms with E-state index in [4.69, 9.17) is 14.3 Å². The van der Waals surface area contributed by atoms with E-state index in [9.17, 15) is 4.79 Å². The Balaban J connectivity index is 3.26. The molecule has 2 N–H and O–H groups in total. The minimum absolute atomic E-state index is 0.0468. The molecule has 0 saturated heterocycles. The van der Waals surface area contributed by atoms with Crippen LogP contribution in [0, 0.1) is 0 Å². The molecular formula is C11H14NO4PS. The average molecular weight is 287 g/mol. The van der Waals surface area contributed by atoms with Crippen LogP contribution < -0.4 is 10.1 Å². The van der Waals surface area contributed by atoms with Crippen molar-refractivity contribution in [3.05, 3.63) is 53.5 Å². The topological polar surface area (TPSA) is 71.7 Å². The van der Waals surface area contributed by atoms with Gasteiger partial charge in [-0.3, -0.25) is 4.79 Å². The van der Waals surface area contributed by atoms with E-state index in [1.807, 2.05) is 0 Å². The lowest BCUT2D eigenvalue weighted by molar-refractivity contribution is 0.369. The predicted molar refractivity (Wildman–Crippen MR) is 74.2 cm³/mol. The molecule has 0 aliphatic carbocycles. The van der Waals surface area contributed by atoms with Crippen LogP contribution in [0.25, 0.3) is 0 Å². The third-order valence-corrected chi connectivity index (χ3v) is 2.75. The van der Waals surface area contributed by atoms with Gasteiger partial charge in [-0.05, 0) is 0 Å². The second-order valence-corrected chi connectivity index (χ2v) is 6.09. The van der Waals surface area contributed by atoms with Gasteiger partial charge in [0, 0.05) is 42.6 Å². The Bertz CT molecular complexity index is 561. The number of rotatable bonds is 6. The van der Waals surface area contributed by atoms with Crippen LogP contribution in [0.4, 0.5) is 0 Å². The summed E-state index contributed by atoms with van der Waals surface area (Å²) in [4.78, 5) is 30.0. The van der Waals surface area contributed by atoms with Gasteiger partial charge in [0.1, 0.15) is 5.75 Å². The smallest absolute Gasteiger partial charge is 0.375 e. The van der Waals surface area contributed by atoms with E-state index < -0.39 is 6.72 Å². The Kier molecular flexibility index (Phi) is 5.04. The predicted octanol–water partition coefficient (Wildman–Crippen LogP) is 1.35. The van der Waals surface area contributed by atoms with Crippen molar-refractivity contribution in [1.29, 1.82) is 0 Å². The summed E-state index contributed by atoms with van der Waals surface area (Å²) in [5.41, 5.74) is 0.309. The van der Waals surface area contributed by atoms with E-state index >= 15 is 0 Å².